The van der Waals surface area contributed by atoms with Gasteiger partial charge in [-0.05, 0) is 30.7 Å². The molecule has 1 aromatic heterocycles. The van der Waals surface area contributed by atoms with Gasteiger partial charge >= 0.3 is 0 Å². The Morgan fingerprint density at radius 1 is 1.44 bits per heavy atom. The maximum absolute atomic E-state index is 11.8. The Hall–Kier alpha value is -0.580. The van der Waals surface area contributed by atoms with E-state index in [2.05, 4.69) is 25.2 Å². The maximum Gasteiger partial charge on any atom is 0.237 e. The molecule has 1 rings (SSSR count). The van der Waals surface area contributed by atoms with Crippen molar-refractivity contribution in [2.75, 3.05) is 0 Å². The summed E-state index contributed by atoms with van der Waals surface area (Å²) >= 11 is 1.71. The van der Waals surface area contributed by atoms with Gasteiger partial charge in [0.25, 0.3) is 0 Å². The molecule has 0 saturated carbocycles. The van der Waals surface area contributed by atoms with Crippen LogP contribution in [0.5, 0.6) is 0 Å². The van der Waals surface area contributed by atoms with Crippen LogP contribution in [-0.4, -0.2) is 18.0 Å². The Morgan fingerprint density at radius 3 is 2.61 bits per heavy atom. The summed E-state index contributed by atoms with van der Waals surface area (Å²) < 4.78 is 0. The highest BCUT2D eigenvalue weighted by Gasteiger charge is 2.17. The molecule has 3 N–H and O–H groups in total. The summed E-state index contributed by atoms with van der Waals surface area (Å²) in [4.78, 5) is 13.1. The van der Waals surface area contributed by atoms with Gasteiger partial charge in [-0.25, -0.2) is 0 Å². The topological polar surface area (TPSA) is 55.1 Å². The molecule has 0 bridgehead atoms. The van der Waals surface area contributed by atoms with Gasteiger partial charge in [0, 0.05) is 17.3 Å². The smallest absolute Gasteiger partial charge is 0.237 e. The van der Waals surface area contributed by atoms with Gasteiger partial charge < -0.3 is 11.1 Å². The van der Waals surface area contributed by atoms with E-state index >= 15 is 0 Å². The molecule has 18 heavy (non-hydrogen) atoms. The zero-order valence-corrected chi connectivity index (χ0v) is 12.8. The Kier molecular flexibility index (Phi) is 8.24. The molecule has 5 heteroatoms. The number of carbonyl (C=O) groups excluding carboxylic acids is 1. The SMILES string of the molecule is CC(C)C[C@H](N)C(=O)NC(C)Cc1cccs1.Cl. The number of thiophene rings is 1. The average Bonchev–Trinajstić information content (AvgIpc) is 2.68. The quantitative estimate of drug-likeness (QED) is 0.846. The molecule has 3 nitrogen and oxygen atoms in total. The number of halogens is 1. The molecule has 1 aromatic rings. The van der Waals surface area contributed by atoms with Crippen molar-refractivity contribution in [1.82, 2.24) is 5.32 Å². The fourth-order valence-electron chi connectivity index (χ4n) is 1.75. The summed E-state index contributed by atoms with van der Waals surface area (Å²) in [7, 11) is 0. The fourth-order valence-corrected chi connectivity index (χ4v) is 2.58. The predicted molar refractivity (Wildman–Crippen MR) is 80.3 cm³/mol. The van der Waals surface area contributed by atoms with Crippen LogP contribution in [0.4, 0.5) is 0 Å². The zero-order valence-electron chi connectivity index (χ0n) is 11.2. The van der Waals surface area contributed by atoms with E-state index in [1.807, 2.05) is 18.4 Å². The van der Waals surface area contributed by atoms with Gasteiger partial charge in [0.1, 0.15) is 0 Å². The lowest BCUT2D eigenvalue weighted by atomic mass is 10.0. The van der Waals surface area contributed by atoms with E-state index in [0.29, 0.717) is 5.92 Å². The third-order valence-electron chi connectivity index (χ3n) is 2.54. The van der Waals surface area contributed by atoms with E-state index in [-0.39, 0.29) is 30.4 Å². The number of nitrogens with two attached hydrogens (primary N) is 1. The largest absolute Gasteiger partial charge is 0.352 e. The summed E-state index contributed by atoms with van der Waals surface area (Å²) in [6.45, 7) is 6.16. The zero-order chi connectivity index (χ0) is 12.8. The first-order valence-electron chi connectivity index (χ1n) is 6.07. The molecular weight excluding hydrogens is 268 g/mol. The molecular formula is C13H23ClN2OS. The molecule has 0 spiro atoms. The highest BCUT2D eigenvalue weighted by atomic mass is 35.5. The van der Waals surface area contributed by atoms with E-state index in [1.165, 1.54) is 4.88 Å². The van der Waals surface area contributed by atoms with Crippen molar-refractivity contribution in [2.24, 2.45) is 11.7 Å². The maximum atomic E-state index is 11.8. The van der Waals surface area contributed by atoms with E-state index in [4.69, 9.17) is 5.73 Å². The van der Waals surface area contributed by atoms with Gasteiger partial charge in [-0.1, -0.05) is 19.9 Å². The number of amides is 1. The van der Waals surface area contributed by atoms with Crippen LogP contribution in [0.15, 0.2) is 17.5 Å². The summed E-state index contributed by atoms with van der Waals surface area (Å²) in [5, 5.41) is 5.02. The van der Waals surface area contributed by atoms with Crippen molar-refractivity contribution in [3.63, 3.8) is 0 Å². The lowest BCUT2D eigenvalue weighted by Crippen LogP contribution is -2.45. The van der Waals surface area contributed by atoms with Crippen LogP contribution >= 0.6 is 23.7 Å². The standard InChI is InChI=1S/C13H22N2OS.ClH/c1-9(2)7-12(14)13(16)15-10(3)8-11-5-4-6-17-11;/h4-6,9-10,12H,7-8,14H2,1-3H3,(H,15,16);1H/t10?,12-;/m0./s1. The summed E-state index contributed by atoms with van der Waals surface area (Å²) in [6.07, 6.45) is 1.61. The first-order chi connectivity index (χ1) is 7.99. The molecule has 0 fully saturated rings. The molecule has 0 aliphatic rings. The lowest BCUT2D eigenvalue weighted by Gasteiger charge is -2.18. The highest BCUT2D eigenvalue weighted by molar-refractivity contribution is 7.09. The number of hydrogen-bond donors (Lipinski definition) is 2. The molecule has 0 aliphatic carbocycles. The minimum absolute atomic E-state index is 0. The van der Waals surface area contributed by atoms with Crippen LogP contribution in [-0.2, 0) is 11.2 Å². The minimum atomic E-state index is -0.388. The first-order valence-corrected chi connectivity index (χ1v) is 6.95. The normalized spacial score (nSPS) is 13.8. The molecule has 0 aliphatic heterocycles. The Balaban J connectivity index is 0.00000289. The van der Waals surface area contributed by atoms with Gasteiger partial charge in [0.2, 0.25) is 5.91 Å². The minimum Gasteiger partial charge on any atom is -0.352 e. The molecule has 0 aromatic carbocycles. The van der Waals surface area contributed by atoms with Crippen LogP contribution in [0.1, 0.15) is 32.1 Å². The Bertz CT molecular complexity index is 341. The Labute approximate surface area is 120 Å². The third-order valence-corrected chi connectivity index (χ3v) is 3.44. The third kappa shape index (κ3) is 6.38. The van der Waals surface area contributed by atoms with Crippen LogP contribution in [0.2, 0.25) is 0 Å². The molecule has 1 heterocycles. The van der Waals surface area contributed by atoms with Crippen molar-refractivity contribution >= 4 is 29.7 Å². The van der Waals surface area contributed by atoms with Gasteiger partial charge in [-0.2, -0.15) is 0 Å². The van der Waals surface area contributed by atoms with E-state index in [0.717, 1.165) is 12.8 Å². The summed E-state index contributed by atoms with van der Waals surface area (Å²) in [5.74, 6) is 0.408. The van der Waals surface area contributed by atoms with Crippen molar-refractivity contribution in [3.05, 3.63) is 22.4 Å². The van der Waals surface area contributed by atoms with Gasteiger partial charge in [-0.15, -0.1) is 23.7 Å². The van der Waals surface area contributed by atoms with Crippen LogP contribution in [0, 0.1) is 5.92 Å². The fraction of sp³-hybridized carbons (Fsp3) is 0.615. The number of rotatable bonds is 6. The second-order valence-corrected chi connectivity index (χ2v) is 5.96. The van der Waals surface area contributed by atoms with Crippen LogP contribution in [0.3, 0.4) is 0 Å². The highest BCUT2D eigenvalue weighted by Crippen LogP contribution is 2.11. The molecule has 1 amide bonds. The average molecular weight is 291 g/mol. The van der Waals surface area contributed by atoms with Crippen LogP contribution < -0.4 is 11.1 Å². The number of hydrogen-bond acceptors (Lipinski definition) is 3. The molecule has 0 saturated heterocycles. The molecule has 2 atom stereocenters. The van der Waals surface area contributed by atoms with Gasteiger partial charge in [0.05, 0.1) is 6.04 Å². The number of nitrogens with one attached hydrogen (secondary N) is 1. The van der Waals surface area contributed by atoms with E-state index < -0.39 is 0 Å². The van der Waals surface area contributed by atoms with Gasteiger partial charge in [0.15, 0.2) is 0 Å². The second kappa shape index (κ2) is 8.51. The van der Waals surface area contributed by atoms with Crippen molar-refractivity contribution < 1.29 is 4.79 Å². The molecule has 104 valence electrons. The van der Waals surface area contributed by atoms with E-state index in [9.17, 15) is 4.79 Å². The van der Waals surface area contributed by atoms with Crippen molar-refractivity contribution in [1.29, 1.82) is 0 Å². The monoisotopic (exact) mass is 290 g/mol. The predicted octanol–water partition coefficient (Wildman–Crippen LogP) is 2.59. The lowest BCUT2D eigenvalue weighted by molar-refractivity contribution is -0.123. The van der Waals surface area contributed by atoms with Crippen molar-refractivity contribution in [2.45, 2.75) is 45.7 Å². The Morgan fingerprint density at radius 2 is 2.11 bits per heavy atom. The van der Waals surface area contributed by atoms with Crippen molar-refractivity contribution in [3.8, 4) is 0 Å². The molecule has 1 unspecified atom stereocenters. The molecule has 0 radical (unpaired) electrons. The number of carbonyl (C=O) groups is 1. The first kappa shape index (κ1) is 17.4. The van der Waals surface area contributed by atoms with Gasteiger partial charge in [-0.3, -0.25) is 4.79 Å². The summed E-state index contributed by atoms with van der Waals surface area (Å²) in [6, 6.07) is 3.86. The van der Waals surface area contributed by atoms with E-state index in [1.54, 1.807) is 11.3 Å². The van der Waals surface area contributed by atoms with Crippen LogP contribution in [0.25, 0.3) is 0 Å². The second-order valence-electron chi connectivity index (χ2n) is 4.93. The summed E-state index contributed by atoms with van der Waals surface area (Å²) in [5.41, 5.74) is 5.83.